The molecule has 0 saturated heterocycles. The van der Waals surface area contributed by atoms with Gasteiger partial charge in [-0.1, -0.05) is 30.3 Å². The summed E-state index contributed by atoms with van der Waals surface area (Å²) in [5.41, 5.74) is 1.35. The molecule has 1 heterocycles. The second kappa shape index (κ2) is 5.06. The zero-order chi connectivity index (χ0) is 12.4. The summed E-state index contributed by atoms with van der Waals surface area (Å²) < 4.78 is 4.41. The van der Waals surface area contributed by atoms with Crippen LogP contribution < -0.4 is 5.32 Å². The van der Waals surface area contributed by atoms with Crippen molar-refractivity contribution >= 4 is 16.7 Å². The molecule has 1 saturated carbocycles. The van der Waals surface area contributed by atoms with Crippen molar-refractivity contribution in [1.29, 1.82) is 0 Å². The lowest BCUT2D eigenvalue weighted by Gasteiger charge is -2.12. The molecule has 1 aliphatic carbocycles. The Morgan fingerprint density at radius 3 is 2.83 bits per heavy atom. The van der Waals surface area contributed by atoms with Crippen LogP contribution in [0.15, 0.2) is 30.3 Å². The van der Waals surface area contributed by atoms with Crippen LogP contribution in [0.25, 0.3) is 0 Å². The minimum absolute atomic E-state index is 0.382. The lowest BCUT2D eigenvalue weighted by Crippen LogP contribution is -2.17. The van der Waals surface area contributed by atoms with E-state index in [2.05, 4.69) is 45.9 Å². The van der Waals surface area contributed by atoms with E-state index in [1.54, 1.807) is 0 Å². The average Bonchev–Trinajstić information content (AvgIpc) is 3.12. The van der Waals surface area contributed by atoms with Gasteiger partial charge < -0.3 is 5.32 Å². The maximum Gasteiger partial charge on any atom is 0.202 e. The molecular formula is C14H17N3S. The number of aromatic nitrogens is 2. The van der Waals surface area contributed by atoms with Gasteiger partial charge in [-0.05, 0) is 31.7 Å². The molecule has 1 aliphatic rings. The van der Waals surface area contributed by atoms with Crippen LogP contribution in [0.3, 0.4) is 0 Å². The molecule has 1 atom stereocenters. The molecule has 3 rings (SSSR count). The second-order valence-electron chi connectivity index (χ2n) is 4.97. The number of anilines is 1. The summed E-state index contributed by atoms with van der Waals surface area (Å²) in [6.07, 6.45) is 3.53. The van der Waals surface area contributed by atoms with E-state index in [1.807, 2.05) is 6.07 Å². The maximum atomic E-state index is 4.55. The highest BCUT2D eigenvalue weighted by Crippen LogP contribution is 2.39. The molecule has 0 spiro atoms. The van der Waals surface area contributed by atoms with Crippen LogP contribution in [0, 0.1) is 0 Å². The molecule has 18 heavy (non-hydrogen) atoms. The number of nitrogens with zero attached hydrogens (tertiary/aromatic N) is 2. The maximum absolute atomic E-state index is 4.55. The molecule has 94 valence electrons. The molecule has 2 aromatic rings. The molecule has 1 aromatic heterocycles. The fraction of sp³-hybridized carbons (Fsp3) is 0.429. The molecule has 1 aromatic carbocycles. The summed E-state index contributed by atoms with van der Waals surface area (Å²) in [6.45, 7) is 2.19. The van der Waals surface area contributed by atoms with Crippen LogP contribution in [-0.2, 0) is 6.42 Å². The minimum atomic E-state index is 0.382. The standard InChI is InChI=1S/C14H17N3S/c1-10(9-11-5-3-2-4-6-11)15-14-16-13(17-18-14)12-7-8-12/h2-6,10,12H,7-9H2,1H3,(H,15,16,17). The van der Waals surface area contributed by atoms with Crippen LogP contribution >= 0.6 is 11.5 Å². The molecule has 1 N–H and O–H groups in total. The molecule has 1 unspecified atom stereocenters. The Morgan fingerprint density at radius 2 is 2.11 bits per heavy atom. The molecule has 0 radical (unpaired) electrons. The van der Waals surface area contributed by atoms with E-state index >= 15 is 0 Å². The summed E-state index contributed by atoms with van der Waals surface area (Å²) >= 11 is 1.48. The first-order valence-electron chi connectivity index (χ1n) is 6.45. The molecule has 0 amide bonds. The number of nitrogens with one attached hydrogen (secondary N) is 1. The quantitative estimate of drug-likeness (QED) is 0.893. The van der Waals surface area contributed by atoms with E-state index in [0.29, 0.717) is 12.0 Å². The largest absolute Gasteiger partial charge is 0.357 e. The second-order valence-corrected chi connectivity index (χ2v) is 5.72. The van der Waals surface area contributed by atoms with E-state index in [1.165, 1.54) is 29.9 Å². The molecule has 0 aliphatic heterocycles. The lowest BCUT2D eigenvalue weighted by atomic mass is 10.1. The van der Waals surface area contributed by atoms with Gasteiger partial charge in [-0.25, -0.2) is 4.98 Å². The first kappa shape index (κ1) is 11.7. The van der Waals surface area contributed by atoms with Gasteiger partial charge in [0.05, 0.1) is 0 Å². The number of benzene rings is 1. The fourth-order valence-electron chi connectivity index (χ4n) is 2.03. The molecular weight excluding hydrogens is 242 g/mol. The Hall–Kier alpha value is -1.42. The van der Waals surface area contributed by atoms with Crippen molar-refractivity contribution in [2.75, 3.05) is 5.32 Å². The molecule has 4 heteroatoms. The van der Waals surface area contributed by atoms with Gasteiger partial charge in [0.1, 0.15) is 5.82 Å². The highest BCUT2D eigenvalue weighted by molar-refractivity contribution is 7.09. The summed E-state index contributed by atoms with van der Waals surface area (Å²) in [7, 11) is 0. The van der Waals surface area contributed by atoms with Gasteiger partial charge in [0, 0.05) is 23.5 Å². The van der Waals surface area contributed by atoms with Crippen molar-refractivity contribution in [3.63, 3.8) is 0 Å². The molecule has 3 nitrogen and oxygen atoms in total. The van der Waals surface area contributed by atoms with Crippen LogP contribution in [-0.4, -0.2) is 15.4 Å². The van der Waals surface area contributed by atoms with Gasteiger partial charge in [0.25, 0.3) is 0 Å². The monoisotopic (exact) mass is 259 g/mol. The Bertz CT molecular complexity index is 505. The third kappa shape index (κ3) is 2.88. The van der Waals surface area contributed by atoms with Crippen molar-refractivity contribution in [3.05, 3.63) is 41.7 Å². The SMILES string of the molecule is CC(Cc1ccccc1)Nc1nc(C2CC2)ns1. The van der Waals surface area contributed by atoms with E-state index in [0.717, 1.165) is 17.4 Å². The van der Waals surface area contributed by atoms with Crippen molar-refractivity contribution in [1.82, 2.24) is 9.36 Å². The van der Waals surface area contributed by atoms with Gasteiger partial charge >= 0.3 is 0 Å². The predicted octanol–water partition coefficient (Wildman–Crippen LogP) is 3.46. The van der Waals surface area contributed by atoms with Crippen molar-refractivity contribution in [3.8, 4) is 0 Å². The van der Waals surface area contributed by atoms with Gasteiger partial charge in [0.2, 0.25) is 5.13 Å². The normalized spacial score (nSPS) is 16.5. The van der Waals surface area contributed by atoms with Crippen LogP contribution in [0.1, 0.15) is 37.1 Å². The number of hydrogen-bond donors (Lipinski definition) is 1. The first-order chi connectivity index (χ1) is 8.81. The Morgan fingerprint density at radius 1 is 1.33 bits per heavy atom. The smallest absolute Gasteiger partial charge is 0.202 e. The topological polar surface area (TPSA) is 37.8 Å². The van der Waals surface area contributed by atoms with Crippen molar-refractivity contribution in [2.24, 2.45) is 0 Å². The van der Waals surface area contributed by atoms with Gasteiger partial charge in [0.15, 0.2) is 0 Å². The summed E-state index contributed by atoms with van der Waals surface area (Å²) in [5.74, 6) is 1.68. The van der Waals surface area contributed by atoms with Crippen LogP contribution in [0.2, 0.25) is 0 Å². The summed E-state index contributed by atoms with van der Waals surface area (Å²) in [5, 5.41) is 4.40. The van der Waals surface area contributed by atoms with E-state index in [-0.39, 0.29) is 0 Å². The van der Waals surface area contributed by atoms with E-state index in [4.69, 9.17) is 0 Å². The Labute approximate surface area is 111 Å². The van der Waals surface area contributed by atoms with Crippen molar-refractivity contribution < 1.29 is 0 Å². The Balaban J connectivity index is 1.58. The third-order valence-corrected chi connectivity index (χ3v) is 3.80. The first-order valence-corrected chi connectivity index (χ1v) is 7.22. The fourth-order valence-corrected chi connectivity index (χ4v) is 2.79. The number of rotatable bonds is 5. The summed E-state index contributed by atoms with van der Waals surface area (Å²) in [4.78, 5) is 4.55. The Kier molecular flexibility index (Phi) is 3.28. The number of hydrogen-bond acceptors (Lipinski definition) is 4. The van der Waals surface area contributed by atoms with E-state index in [9.17, 15) is 0 Å². The zero-order valence-corrected chi connectivity index (χ0v) is 11.3. The lowest BCUT2D eigenvalue weighted by molar-refractivity contribution is 0.787. The highest BCUT2D eigenvalue weighted by atomic mass is 32.1. The van der Waals surface area contributed by atoms with Crippen LogP contribution in [0.5, 0.6) is 0 Å². The minimum Gasteiger partial charge on any atom is -0.357 e. The average molecular weight is 259 g/mol. The zero-order valence-electron chi connectivity index (χ0n) is 10.5. The van der Waals surface area contributed by atoms with Gasteiger partial charge in [-0.3, -0.25) is 0 Å². The highest BCUT2D eigenvalue weighted by Gasteiger charge is 2.27. The predicted molar refractivity (Wildman–Crippen MR) is 75.1 cm³/mol. The summed E-state index contributed by atoms with van der Waals surface area (Å²) in [6, 6.07) is 10.9. The van der Waals surface area contributed by atoms with E-state index < -0.39 is 0 Å². The van der Waals surface area contributed by atoms with Gasteiger partial charge in [-0.15, -0.1) is 0 Å². The van der Waals surface area contributed by atoms with Crippen LogP contribution in [0.4, 0.5) is 5.13 Å². The van der Waals surface area contributed by atoms with Gasteiger partial charge in [-0.2, -0.15) is 4.37 Å². The van der Waals surface area contributed by atoms with Crippen molar-refractivity contribution in [2.45, 2.75) is 38.1 Å². The molecule has 0 bridgehead atoms. The third-order valence-electron chi connectivity index (χ3n) is 3.14. The molecule has 1 fully saturated rings.